The van der Waals surface area contributed by atoms with Gasteiger partial charge < -0.3 is 5.32 Å². The summed E-state index contributed by atoms with van der Waals surface area (Å²) in [7, 11) is 0. The molecule has 0 spiro atoms. The molecule has 21 heavy (non-hydrogen) atoms. The Hall–Kier alpha value is -0.860. The third-order valence-corrected chi connectivity index (χ3v) is 4.34. The molecule has 0 saturated carbocycles. The van der Waals surface area contributed by atoms with Gasteiger partial charge in [0.15, 0.2) is 0 Å². The van der Waals surface area contributed by atoms with Crippen LogP contribution in [-0.2, 0) is 6.54 Å². The Labute approximate surface area is 130 Å². The highest BCUT2D eigenvalue weighted by Gasteiger charge is 2.32. The SMILES string of the molecule is Cc1cc(C)cc(CN2CC(C)(C)NCC2CC(C)C)c1. The van der Waals surface area contributed by atoms with Gasteiger partial charge in [0, 0.05) is 31.2 Å². The molecule has 2 nitrogen and oxygen atoms in total. The molecule has 1 saturated heterocycles. The molecule has 0 bridgehead atoms. The van der Waals surface area contributed by atoms with Crippen molar-refractivity contribution in [3.8, 4) is 0 Å². The second-order valence-corrected chi connectivity index (χ2v) is 7.95. The Kier molecular flexibility index (Phi) is 5.11. The van der Waals surface area contributed by atoms with Crippen LogP contribution in [0.3, 0.4) is 0 Å². The van der Waals surface area contributed by atoms with Gasteiger partial charge in [0.1, 0.15) is 0 Å². The number of aryl methyl sites for hydroxylation is 2. The van der Waals surface area contributed by atoms with E-state index in [2.05, 4.69) is 70.0 Å². The van der Waals surface area contributed by atoms with Crippen LogP contribution in [0, 0.1) is 19.8 Å². The molecule has 118 valence electrons. The van der Waals surface area contributed by atoms with Crippen molar-refractivity contribution >= 4 is 0 Å². The highest BCUT2D eigenvalue weighted by atomic mass is 15.2. The minimum atomic E-state index is 0.215. The molecular formula is C19H32N2. The van der Waals surface area contributed by atoms with Crippen LogP contribution in [0.4, 0.5) is 0 Å². The van der Waals surface area contributed by atoms with E-state index in [1.165, 1.54) is 23.1 Å². The van der Waals surface area contributed by atoms with Gasteiger partial charge in [-0.05, 0) is 45.6 Å². The highest BCUT2D eigenvalue weighted by Crippen LogP contribution is 2.23. The molecule has 1 unspecified atom stereocenters. The lowest BCUT2D eigenvalue weighted by molar-refractivity contribution is 0.0760. The number of rotatable bonds is 4. The maximum atomic E-state index is 3.71. The predicted molar refractivity (Wildman–Crippen MR) is 91.7 cm³/mol. The summed E-state index contributed by atoms with van der Waals surface area (Å²) in [5, 5.41) is 3.71. The standard InChI is InChI=1S/C19H32N2/c1-14(2)7-18-11-20-19(5,6)13-21(18)12-17-9-15(3)8-16(4)10-17/h8-10,14,18,20H,7,11-13H2,1-6H3. The predicted octanol–water partition coefficient (Wildman–Crippen LogP) is 3.90. The summed E-state index contributed by atoms with van der Waals surface area (Å²) >= 11 is 0. The molecule has 1 heterocycles. The normalized spacial score (nSPS) is 22.7. The molecule has 1 aromatic carbocycles. The van der Waals surface area contributed by atoms with E-state index in [-0.39, 0.29) is 5.54 Å². The van der Waals surface area contributed by atoms with Gasteiger partial charge in [-0.15, -0.1) is 0 Å². The maximum Gasteiger partial charge on any atom is 0.0253 e. The molecule has 1 aliphatic rings. The van der Waals surface area contributed by atoms with E-state index in [9.17, 15) is 0 Å². The van der Waals surface area contributed by atoms with Gasteiger partial charge in [-0.25, -0.2) is 0 Å². The summed E-state index contributed by atoms with van der Waals surface area (Å²) in [5.41, 5.74) is 4.42. The van der Waals surface area contributed by atoms with Crippen LogP contribution >= 0.6 is 0 Å². The van der Waals surface area contributed by atoms with Gasteiger partial charge in [-0.1, -0.05) is 43.2 Å². The van der Waals surface area contributed by atoms with Crippen LogP contribution < -0.4 is 5.32 Å². The largest absolute Gasteiger partial charge is 0.309 e. The minimum absolute atomic E-state index is 0.215. The van der Waals surface area contributed by atoms with Crippen molar-refractivity contribution in [2.75, 3.05) is 13.1 Å². The summed E-state index contributed by atoms with van der Waals surface area (Å²) in [5.74, 6) is 0.750. The molecule has 1 N–H and O–H groups in total. The highest BCUT2D eigenvalue weighted by molar-refractivity contribution is 5.28. The Morgan fingerprint density at radius 2 is 1.81 bits per heavy atom. The fraction of sp³-hybridized carbons (Fsp3) is 0.684. The second kappa shape index (κ2) is 6.50. The van der Waals surface area contributed by atoms with Crippen LogP contribution in [0.2, 0.25) is 0 Å². The lowest BCUT2D eigenvalue weighted by Crippen LogP contribution is -2.61. The summed E-state index contributed by atoms with van der Waals surface area (Å²) < 4.78 is 0. The first kappa shape index (κ1) is 16.5. The Bertz CT molecular complexity index is 456. The van der Waals surface area contributed by atoms with Crippen molar-refractivity contribution in [1.29, 1.82) is 0 Å². The zero-order valence-corrected chi connectivity index (χ0v) is 14.7. The van der Waals surface area contributed by atoms with Gasteiger partial charge in [-0.3, -0.25) is 4.90 Å². The second-order valence-electron chi connectivity index (χ2n) is 7.95. The quantitative estimate of drug-likeness (QED) is 0.904. The van der Waals surface area contributed by atoms with E-state index >= 15 is 0 Å². The Balaban J connectivity index is 2.15. The molecule has 1 aromatic rings. The van der Waals surface area contributed by atoms with Crippen LogP contribution in [0.15, 0.2) is 18.2 Å². The molecule has 0 radical (unpaired) electrons. The lowest BCUT2D eigenvalue weighted by Gasteiger charge is -2.45. The average Bonchev–Trinajstić information content (AvgIpc) is 2.30. The van der Waals surface area contributed by atoms with E-state index in [1.807, 2.05) is 0 Å². The zero-order chi connectivity index (χ0) is 15.6. The molecule has 1 aliphatic heterocycles. The lowest BCUT2D eigenvalue weighted by atomic mass is 9.93. The van der Waals surface area contributed by atoms with E-state index in [0.29, 0.717) is 6.04 Å². The van der Waals surface area contributed by atoms with Gasteiger partial charge in [0.05, 0.1) is 0 Å². The summed E-state index contributed by atoms with van der Waals surface area (Å²) in [6.45, 7) is 17.0. The Morgan fingerprint density at radius 1 is 1.19 bits per heavy atom. The van der Waals surface area contributed by atoms with Crippen molar-refractivity contribution in [2.45, 2.75) is 66.1 Å². The topological polar surface area (TPSA) is 15.3 Å². The fourth-order valence-electron chi connectivity index (χ4n) is 3.57. The molecule has 0 amide bonds. The summed E-state index contributed by atoms with van der Waals surface area (Å²) in [4.78, 5) is 2.69. The van der Waals surface area contributed by atoms with Crippen molar-refractivity contribution in [1.82, 2.24) is 10.2 Å². The van der Waals surface area contributed by atoms with Crippen LogP contribution in [-0.4, -0.2) is 29.6 Å². The van der Waals surface area contributed by atoms with Crippen LogP contribution in [0.5, 0.6) is 0 Å². The molecule has 2 heteroatoms. The Morgan fingerprint density at radius 3 is 2.38 bits per heavy atom. The third-order valence-electron chi connectivity index (χ3n) is 4.34. The molecule has 0 aliphatic carbocycles. The van der Waals surface area contributed by atoms with Gasteiger partial charge in [0.2, 0.25) is 0 Å². The summed E-state index contributed by atoms with van der Waals surface area (Å²) in [6.07, 6.45) is 1.27. The van der Waals surface area contributed by atoms with Crippen molar-refractivity contribution in [3.63, 3.8) is 0 Å². The van der Waals surface area contributed by atoms with Crippen LogP contribution in [0.1, 0.15) is 50.8 Å². The van der Waals surface area contributed by atoms with Crippen molar-refractivity contribution in [3.05, 3.63) is 34.9 Å². The number of nitrogens with zero attached hydrogens (tertiary/aromatic N) is 1. The van der Waals surface area contributed by atoms with Gasteiger partial charge >= 0.3 is 0 Å². The van der Waals surface area contributed by atoms with Crippen molar-refractivity contribution in [2.24, 2.45) is 5.92 Å². The number of hydrogen-bond donors (Lipinski definition) is 1. The van der Waals surface area contributed by atoms with E-state index in [4.69, 9.17) is 0 Å². The molecule has 1 fully saturated rings. The zero-order valence-electron chi connectivity index (χ0n) is 14.7. The first-order valence-corrected chi connectivity index (χ1v) is 8.31. The maximum absolute atomic E-state index is 3.71. The van der Waals surface area contributed by atoms with Crippen LogP contribution in [0.25, 0.3) is 0 Å². The van der Waals surface area contributed by atoms with E-state index in [0.717, 1.165) is 25.6 Å². The fourth-order valence-corrected chi connectivity index (χ4v) is 3.57. The molecular weight excluding hydrogens is 256 g/mol. The molecule has 2 rings (SSSR count). The minimum Gasteiger partial charge on any atom is -0.309 e. The number of benzene rings is 1. The van der Waals surface area contributed by atoms with Gasteiger partial charge in [0.25, 0.3) is 0 Å². The first-order chi connectivity index (χ1) is 9.75. The number of nitrogens with one attached hydrogen (secondary N) is 1. The first-order valence-electron chi connectivity index (χ1n) is 8.31. The number of piperazine rings is 1. The smallest absolute Gasteiger partial charge is 0.0253 e. The monoisotopic (exact) mass is 288 g/mol. The molecule has 0 aromatic heterocycles. The summed E-state index contributed by atoms with van der Waals surface area (Å²) in [6, 6.07) is 7.60. The average molecular weight is 288 g/mol. The number of hydrogen-bond acceptors (Lipinski definition) is 2. The van der Waals surface area contributed by atoms with Gasteiger partial charge in [-0.2, -0.15) is 0 Å². The third kappa shape index (κ3) is 4.82. The van der Waals surface area contributed by atoms with E-state index in [1.54, 1.807) is 0 Å². The van der Waals surface area contributed by atoms with Crippen molar-refractivity contribution < 1.29 is 0 Å². The molecule has 1 atom stereocenters. The van der Waals surface area contributed by atoms with E-state index < -0.39 is 0 Å².